The van der Waals surface area contributed by atoms with Gasteiger partial charge in [-0.25, -0.2) is 9.97 Å². The number of hydrogen-bond acceptors (Lipinski definition) is 9. The van der Waals surface area contributed by atoms with E-state index < -0.39 is 6.29 Å². The predicted molar refractivity (Wildman–Crippen MR) is 124 cm³/mol. The van der Waals surface area contributed by atoms with Crippen molar-refractivity contribution in [1.29, 1.82) is 0 Å². The van der Waals surface area contributed by atoms with Crippen LogP contribution in [0.25, 0.3) is 10.9 Å². The number of fused-ring (bicyclic) bond motifs is 1. The van der Waals surface area contributed by atoms with Gasteiger partial charge in [0.25, 0.3) is 0 Å². The molecule has 2 aliphatic rings. The molecule has 0 aliphatic carbocycles. The summed E-state index contributed by atoms with van der Waals surface area (Å²) in [7, 11) is 0. The lowest BCUT2D eigenvalue weighted by Crippen LogP contribution is -2.37. The van der Waals surface area contributed by atoms with E-state index in [2.05, 4.69) is 30.4 Å². The number of hydrazone groups is 1. The van der Waals surface area contributed by atoms with Crippen LogP contribution >= 0.6 is 0 Å². The first kappa shape index (κ1) is 21.5. The van der Waals surface area contributed by atoms with Gasteiger partial charge >= 0.3 is 0 Å². The number of benzene rings is 1. The van der Waals surface area contributed by atoms with Crippen molar-refractivity contribution in [2.24, 2.45) is 5.10 Å². The molecule has 2 saturated heterocycles. The van der Waals surface area contributed by atoms with Crippen LogP contribution in [0.4, 0.5) is 11.6 Å². The van der Waals surface area contributed by atoms with Gasteiger partial charge in [0.15, 0.2) is 17.9 Å². The molecule has 2 N–H and O–H groups in total. The number of nitrogens with one attached hydrogen (secondary N) is 2. The second kappa shape index (κ2) is 10.1. The van der Waals surface area contributed by atoms with Gasteiger partial charge < -0.3 is 24.1 Å². The summed E-state index contributed by atoms with van der Waals surface area (Å²) in [6.07, 6.45) is 3.97. The summed E-state index contributed by atoms with van der Waals surface area (Å²) in [6.45, 7) is 3.77. The van der Waals surface area contributed by atoms with Crippen molar-refractivity contribution < 1.29 is 19.0 Å². The molecule has 0 saturated carbocycles. The number of H-pyrrole nitrogens is 1. The number of aromatic nitrogens is 3. The van der Waals surface area contributed by atoms with Gasteiger partial charge in [-0.05, 0) is 12.5 Å². The average Bonchev–Trinajstić information content (AvgIpc) is 3.28. The number of carbonyl (C=O) groups excluding carboxylic acids is 1. The zero-order valence-electron chi connectivity index (χ0n) is 18.2. The molecule has 10 heteroatoms. The molecule has 33 heavy (non-hydrogen) atoms. The van der Waals surface area contributed by atoms with Crippen LogP contribution < -0.4 is 10.3 Å². The standard InChI is InChI=1S/C23H26N6O4/c30-19(12-22-32-8-3-9-33-22)23-26-20(13-21(27-23)29-6-10-31-11-7-29)28-25-15-16-14-24-18-5-2-1-4-17(16)18/h1-2,4-5,13-15,22,24H,3,6-12H2,(H,26,27,28). The van der Waals surface area contributed by atoms with Crippen molar-refractivity contribution >= 4 is 34.5 Å². The van der Waals surface area contributed by atoms with Crippen molar-refractivity contribution in [3.63, 3.8) is 0 Å². The first-order chi connectivity index (χ1) is 16.3. The monoisotopic (exact) mass is 450 g/mol. The molecule has 0 spiro atoms. The Morgan fingerprint density at radius 1 is 1.18 bits per heavy atom. The normalized spacial score (nSPS) is 17.6. The van der Waals surface area contributed by atoms with E-state index in [4.69, 9.17) is 14.2 Å². The summed E-state index contributed by atoms with van der Waals surface area (Å²) in [4.78, 5) is 27.1. The molecule has 2 aliphatic heterocycles. The number of para-hydroxylation sites is 1. The van der Waals surface area contributed by atoms with Crippen LogP contribution in [0.1, 0.15) is 29.0 Å². The number of hydrogen-bond donors (Lipinski definition) is 2. The van der Waals surface area contributed by atoms with Gasteiger partial charge in [-0.2, -0.15) is 5.10 Å². The summed E-state index contributed by atoms with van der Waals surface area (Å²) in [5.41, 5.74) is 4.94. The molecule has 3 aromatic rings. The van der Waals surface area contributed by atoms with E-state index in [0.717, 1.165) is 22.9 Å². The van der Waals surface area contributed by atoms with Gasteiger partial charge in [-0.1, -0.05) is 18.2 Å². The molecule has 0 amide bonds. The van der Waals surface area contributed by atoms with Crippen molar-refractivity contribution in [1.82, 2.24) is 15.0 Å². The van der Waals surface area contributed by atoms with Gasteiger partial charge in [0, 0.05) is 41.8 Å². The first-order valence-electron chi connectivity index (χ1n) is 11.1. The van der Waals surface area contributed by atoms with Crippen molar-refractivity contribution in [3.8, 4) is 0 Å². The van der Waals surface area contributed by atoms with E-state index in [0.29, 0.717) is 51.2 Å². The van der Waals surface area contributed by atoms with Crippen LogP contribution in [-0.2, 0) is 14.2 Å². The Balaban J connectivity index is 1.36. The second-order valence-electron chi connectivity index (χ2n) is 7.85. The summed E-state index contributed by atoms with van der Waals surface area (Å²) >= 11 is 0. The Labute approximate surface area is 190 Å². The van der Waals surface area contributed by atoms with Crippen molar-refractivity contribution in [3.05, 3.63) is 47.9 Å². The van der Waals surface area contributed by atoms with Crippen LogP contribution in [0.3, 0.4) is 0 Å². The van der Waals surface area contributed by atoms with Crippen LogP contribution in [0, 0.1) is 0 Å². The number of nitrogens with zero attached hydrogens (tertiary/aromatic N) is 4. The maximum Gasteiger partial charge on any atom is 0.205 e. The summed E-state index contributed by atoms with van der Waals surface area (Å²) in [6, 6.07) is 9.80. The van der Waals surface area contributed by atoms with Gasteiger partial charge in [0.05, 0.1) is 39.1 Å². The van der Waals surface area contributed by atoms with Gasteiger partial charge in [-0.3, -0.25) is 10.2 Å². The van der Waals surface area contributed by atoms with Crippen molar-refractivity contribution in [2.45, 2.75) is 19.1 Å². The Kier molecular flexibility index (Phi) is 6.56. The number of Topliss-reactive ketones (excluding diaryl/α,β-unsaturated/α-hetero) is 1. The third-order valence-electron chi connectivity index (χ3n) is 5.55. The van der Waals surface area contributed by atoms with Crippen LogP contribution in [-0.4, -0.2) is 72.8 Å². The van der Waals surface area contributed by atoms with Gasteiger partial charge in [0.1, 0.15) is 5.82 Å². The highest BCUT2D eigenvalue weighted by molar-refractivity contribution is 5.99. The van der Waals surface area contributed by atoms with E-state index in [1.54, 1.807) is 12.3 Å². The molecular formula is C23H26N6O4. The fourth-order valence-electron chi connectivity index (χ4n) is 3.84. The molecule has 2 aromatic heterocycles. The largest absolute Gasteiger partial charge is 0.378 e. The molecule has 4 heterocycles. The Hall–Kier alpha value is -3.34. The molecule has 0 bridgehead atoms. The summed E-state index contributed by atoms with van der Waals surface area (Å²) < 4.78 is 16.5. The Morgan fingerprint density at radius 2 is 2.00 bits per heavy atom. The third kappa shape index (κ3) is 5.19. The van der Waals surface area contributed by atoms with E-state index >= 15 is 0 Å². The fraction of sp³-hybridized carbons (Fsp3) is 0.391. The molecule has 5 rings (SSSR count). The van der Waals surface area contributed by atoms with Gasteiger partial charge in [0.2, 0.25) is 5.78 Å². The fourth-order valence-corrected chi connectivity index (χ4v) is 3.84. The summed E-state index contributed by atoms with van der Waals surface area (Å²) in [5, 5.41) is 5.42. The zero-order valence-corrected chi connectivity index (χ0v) is 18.2. The minimum atomic E-state index is -0.557. The minimum absolute atomic E-state index is 0.0740. The molecular weight excluding hydrogens is 424 g/mol. The zero-order chi connectivity index (χ0) is 22.5. The number of aromatic amines is 1. The third-order valence-corrected chi connectivity index (χ3v) is 5.55. The number of carbonyl (C=O) groups is 1. The van der Waals surface area contributed by atoms with Crippen LogP contribution in [0.2, 0.25) is 0 Å². The number of anilines is 2. The average molecular weight is 450 g/mol. The van der Waals surface area contributed by atoms with E-state index in [9.17, 15) is 4.79 Å². The topological polar surface area (TPSA) is 114 Å². The van der Waals surface area contributed by atoms with Crippen molar-refractivity contribution in [2.75, 3.05) is 49.8 Å². The molecule has 0 unspecified atom stereocenters. The lowest BCUT2D eigenvalue weighted by molar-refractivity contribution is -0.175. The maximum atomic E-state index is 12.9. The lowest BCUT2D eigenvalue weighted by atomic mass is 10.2. The van der Waals surface area contributed by atoms with Crippen LogP contribution in [0.15, 0.2) is 41.6 Å². The SMILES string of the molecule is O=C(CC1OCCCO1)c1nc(NN=Cc2c[nH]c3ccccc23)cc(N2CCOCC2)n1. The smallest absolute Gasteiger partial charge is 0.205 e. The number of ketones is 1. The highest BCUT2D eigenvalue weighted by Crippen LogP contribution is 2.20. The van der Waals surface area contributed by atoms with E-state index in [1.807, 2.05) is 30.5 Å². The van der Waals surface area contributed by atoms with Gasteiger partial charge in [-0.15, -0.1) is 0 Å². The Bertz CT molecular complexity index is 1130. The lowest BCUT2D eigenvalue weighted by Gasteiger charge is -2.28. The number of morpholine rings is 1. The van der Waals surface area contributed by atoms with E-state index in [1.165, 1.54) is 0 Å². The molecule has 10 nitrogen and oxygen atoms in total. The highest BCUT2D eigenvalue weighted by Gasteiger charge is 2.23. The number of ether oxygens (including phenoxy) is 3. The second-order valence-corrected chi connectivity index (χ2v) is 7.85. The molecule has 1 aromatic carbocycles. The molecule has 172 valence electrons. The quantitative estimate of drug-likeness (QED) is 0.321. The maximum absolute atomic E-state index is 12.9. The molecule has 2 fully saturated rings. The molecule has 0 radical (unpaired) electrons. The molecule has 0 atom stereocenters. The predicted octanol–water partition coefficient (Wildman–Crippen LogP) is 2.58. The Morgan fingerprint density at radius 3 is 2.85 bits per heavy atom. The first-order valence-corrected chi connectivity index (χ1v) is 11.1. The van der Waals surface area contributed by atoms with E-state index in [-0.39, 0.29) is 18.0 Å². The summed E-state index contributed by atoms with van der Waals surface area (Å²) in [5.74, 6) is 0.977. The number of rotatable bonds is 7. The minimum Gasteiger partial charge on any atom is -0.378 e. The van der Waals surface area contributed by atoms with Crippen LogP contribution in [0.5, 0.6) is 0 Å². The highest BCUT2D eigenvalue weighted by atomic mass is 16.7.